The van der Waals surface area contributed by atoms with E-state index in [1.54, 1.807) is 0 Å². The van der Waals surface area contributed by atoms with Crippen molar-refractivity contribution >= 4 is 0 Å². The van der Waals surface area contributed by atoms with Crippen molar-refractivity contribution in [1.82, 2.24) is 0 Å². The summed E-state index contributed by atoms with van der Waals surface area (Å²) in [7, 11) is 0. The molecule has 0 aromatic carbocycles. The average Bonchev–Trinajstić information content (AvgIpc) is 0. The number of rotatable bonds is 0. The Hall–Kier alpha value is 1.48. The summed E-state index contributed by atoms with van der Waals surface area (Å²) >= 11 is 0. The molecule has 0 rings (SSSR count). The van der Waals surface area contributed by atoms with E-state index in [1.165, 1.54) is 0 Å². The van der Waals surface area contributed by atoms with E-state index in [2.05, 4.69) is 0 Å². The third kappa shape index (κ3) is 30.4. The average molecular weight is 112 g/mol. The Morgan fingerprint density at radius 2 is 0.600 bits per heavy atom. The van der Waals surface area contributed by atoms with Crippen LogP contribution in [0.25, 0.3) is 0 Å². The summed E-state index contributed by atoms with van der Waals surface area (Å²) in [6.45, 7) is 0. The van der Waals surface area contributed by atoms with Crippen LogP contribution in [0.2, 0.25) is 0 Å². The summed E-state index contributed by atoms with van der Waals surface area (Å²) in [5.41, 5.74) is 0. The fraction of sp³-hybridized carbons (Fsp3) is 0. The zero-order valence-electron chi connectivity index (χ0n) is 4.00. The molecule has 0 aromatic heterocycles. The quantitative estimate of drug-likeness (QED) is 0.276. The van der Waals surface area contributed by atoms with Crippen LogP contribution in [0.4, 0.5) is 0 Å². The summed E-state index contributed by atoms with van der Waals surface area (Å²) in [4.78, 5) is 0. The Morgan fingerprint density at radius 1 is 0.600 bits per heavy atom. The van der Waals surface area contributed by atoms with Gasteiger partial charge in [-0.25, -0.2) is 0 Å². The molecule has 0 amide bonds. The molecule has 0 aliphatic heterocycles. The van der Waals surface area contributed by atoms with Crippen molar-refractivity contribution in [3.05, 3.63) is 0 Å². The topological polar surface area (TPSA) is 126 Å². The van der Waals surface area contributed by atoms with Crippen LogP contribution >= 0.6 is 0 Å². The van der Waals surface area contributed by atoms with Crippen LogP contribution in [0.1, 0.15) is 1.43 Å². The molecule has 0 bridgehead atoms. The molecule has 0 saturated carbocycles. The third-order valence-electron chi connectivity index (χ3n) is 0. The smallest absolute Gasteiger partial charge is 1.00 e. The van der Waals surface area contributed by atoms with Crippen molar-refractivity contribution in [2.24, 2.45) is 0 Å². The zero-order chi connectivity index (χ0) is 0. The molecule has 0 heterocycles. The van der Waals surface area contributed by atoms with E-state index in [-0.39, 0.29) is 74.7 Å². The van der Waals surface area contributed by atoms with Crippen LogP contribution in [-0.4, -0.2) is 21.9 Å². The Balaban J connectivity index is 0. The van der Waals surface area contributed by atoms with Crippen LogP contribution in [0.3, 0.4) is 0 Å². The standard InChI is InChI=1S/K.4H2O.H/h;4*1H2;/q+1;;;;;-1. The van der Waals surface area contributed by atoms with Gasteiger partial charge in [-0.05, 0) is 0 Å². The molecule has 0 fully saturated rings. The van der Waals surface area contributed by atoms with E-state index in [0.29, 0.717) is 0 Å². The minimum Gasteiger partial charge on any atom is -1.00 e. The summed E-state index contributed by atoms with van der Waals surface area (Å²) in [5.74, 6) is 0. The molecule has 0 saturated heterocycles. The van der Waals surface area contributed by atoms with Crippen LogP contribution in [0, 0.1) is 0 Å². The second-order valence-electron chi connectivity index (χ2n) is 0. The minimum atomic E-state index is 0. The molecule has 5 heavy (non-hydrogen) atoms. The Bertz CT molecular complexity index is 7.51. The molecule has 0 atom stereocenters. The normalized spacial score (nSPS) is 0. The van der Waals surface area contributed by atoms with Gasteiger partial charge in [0.1, 0.15) is 0 Å². The summed E-state index contributed by atoms with van der Waals surface area (Å²) in [6.07, 6.45) is 0. The van der Waals surface area contributed by atoms with E-state index < -0.39 is 0 Å². The second kappa shape index (κ2) is 50.3. The fourth-order valence-electron chi connectivity index (χ4n) is 0. The van der Waals surface area contributed by atoms with Gasteiger partial charge < -0.3 is 23.3 Å². The Morgan fingerprint density at radius 3 is 0.600 bits per heavy atom. The molecule has 0 aliphatic carbocycles. The molecule has 0 spiro atoms. The first-order valence-corrected chi connectivity index (χ1v) is 0. The predicted octanol–water partition coefficient (Wildman–Crippen LogP) is -6.18. The van der Waals surface area contributed by atoms with Gasteiger partial charge in [0.25, 0.3) is 0 Å². The van der Waals surface area contributed by atoms with Gasteiger partial charge in [0.05, 0.1) is 0 Å². The maximum absolute atomic E-state index is 0. The Labute approximate surface area is 73.7 Å². The van der Waals surface area contributed by atoms with Crippen molar-refractivity contribution in [2.75, 3.05) is 0 Å². The fourth-order valence-corrected chi connectivity index (χ4v) is 0. The maximum Gasteiger partial charge on any atom is 1.00 e. The first kappa shape index (κ1) is 89.1. The van der Waals surface area contributed by atoms with E-state index >= 15 is 0 Å². The zero-order valence-corrected chi connectivity index (χ0v) is 6.12. The molecule has 0 aliphatic rings. The maximum atomic E-state index is 0. The number of hydrogen-bond donors (Lipinski definition) is 0. The third-order valence-corrected chi connectivity index (χ3v) is 0. The van der Waals surface area contributed by atoms with Gasteiger partial charge in [0.2, 0.25) is 0 Å². The molecule has 0 radical (unpaired) electrons. The van der Waals surface area contributed by atoms with Crippen molar-refractivity contribution in [3.8, 4) is 0 Å². The second-order valence-corrected chi connectivity index (χ2v) is 0. The van der Waals surface area contributed by atoms with Crippen LogP contribution in [0.5, 0.6) is 0 Å². The van der Waals surface area contributed by atoms with Crippen molar-refractivity contribution < 1.29 is 74.7 Å². The van der Waals surface area contributed by atoms with Gasteiger partial charge >= 0.3 is 51.4 Å². The van der Waals surface area contributed by atoms with Crippen LogP contribution < -0.4 is 51.4 Å². The molecule has 8 N–H and O–H groups in total. The predicted molar refractivity (Wildman–Crippen MR) is 15.6 cm³/mol. The monoisotopic (exact) mass is 112 g/mol. The van der Waals surface area contributed by atoms with E-state index in [0.717, 1.165) is 0 Å². The number of hydrogen-bond acceptors (Lipinski definition) is 0. The van der Waals surface area contributed by atoms with Gasteiger partial charge in [0.15, 0.2) is 0 Å². The first-order valence-electron chi connectivity index (χ1n) is 0. The van der Waals surface area contributed by atoms with Gasteiger partial charge in [-0.2, -0.15) is 0 Å². The summed E-state index contributed by atoms with van der Waals surface area (Å²) in [5, 5.41) is 0. The van der Waals surface area contributed by atoms with Crippen molar-refractivity contribution in [3.63, 3.8) is 0 Å². The van der Waals surface area contributed by atoms with Crippen molar-refractivity contribution in [1.29, 1.82) is 0 Å². The van der Waals surface area contributed by atoms with Gasteiger partial charge in [-0.3, -0.25) is 0 Å². The van der Waals surface area contributed by atoms with Gasteiger partial charge in [-0.1, -0.05) is 0 Å². The van der Waals surface area contributed by atoms with E-state index in [9.17, 15) is 0 Å². The molecule has 4 nitrogen and oxygen atoms in total. The van der Waals surface area contributed by atoms with E-state index in [1.807, 2.05) is 0 Å². The molecular weight excluding hydrogens is 103 g/mol. The molecular formula is H9KO4. The largest absolute Gasteiger partial charge is 1.00 e. The van der Waals surface area contributed by atoms with E-state index in [4.69, 9.17) is 0 Å². The van der Waals surface area contributed by atoms with Crippen molar-refractivity contribution in [2.45, 2.75) is 0 Å². The van der Waals surface area contributed by atoms with Gasteiger partial charge in [0, 0.05) is 0 Å². The van der Waals surface area contributed by atoms with Crippen LogP contribution in [-0.2, 0) is 0 Å². The molecule has 0 aromatic rings. The molecule has 34 valence electrons. The first-order chi connectivity index (χ1) is 0. The molecule has 0 unspecified atom stereocenters. The Kier molecular flexibility index (Phi) is 897. The summed E-state index contributed by atoms with van der Waals surface area (Å²) in [6, 6.07) is 0. The van der Waals surface area contributed by atoms with Gasteiger partial charge in [-0.15, -0.1) is 0 Å². The summed E-state index contributed by atoms with van der Waals surface area (Å²) < 4.78 is 0. The molecule has 5 heteroatoms. The SMILES string of the molecule is O.O.O.O.[H-].[K+]. The van der Waals surface area contributed by atoms with Crippen LogP contribution in [0.15, 0.2) is 0 Å². The minimum absolute atomic E-state index is 0.